The Hall–Kier alpha value is -7.11. The van der Waals surface area contributed by atoms with Gasteiger partial charge in [-0.2, -0.15) is 0 Å². The lowest BCUT2D eigenvalue weighted by Gasteiger charge is -2.11. The number of fused-ring (bicyclic) bond motifs is 11. The van der Waals surface area contributed by atoms with E-state index in [1.54, 1.807) is 0 Å². The first-order chi connectivity index (χ1) is 25.8. The molecule has 0 atom stereocenters. The first-order valence-corrected chi connectivity index (χ1v) is 17.5. The smallest absolute Gasteiger partial charge is 0.164 e. The lowest BCUT2D eigenvalue weighted by Crippen LogP contribution is -2.00. The molecule has 3 aromatic heterocycles. The molecule has 0 spiro atoms. The Balaban J connectivity index is 1.16. The lowest BCUT2D eigenvalue weighted by atomic mass is 9.95. The summed E-state index contributed by atoms with van der Waals surface area (Å²) in [5, 5.41) is 9.04. The lowest BCUT2D eigenvalue weighted by molar-refractivity contribution is 0.673. The van der Waals surface area contributed by atoms with E-state index in [1.165, 1.54) is 5.39 Å². The van der Waals surface area contributed by atoms with E-state index in [2.05, 4.69) is 132 Å². The number of hydrogen-bond donors (Lipinski definition) is 0. The Morgan fingerprint density at radius 2 is 0.904 bits per heavy atom. The second kappa shape index (κ2) is 11.2. The second-order valence-corrected chi connectivity index (χ2v) is 13.2. The molecule has 11 aromatic rings. The fourth-order valence-corrected chi connectivity index (χ4v) is 7.86. The monoisotopic (exact) mass is 664 g/mol. The van der Waals surface area contributed by atoms with E-state index in [-0.39, 0.29) is 0 Å². The van der Waals surface area contributed by atoms with Crippen LogP contribution in [-0.4, -0.2) is 19.5 Å². The maximum absolute atomic E-state index is 6.53. The van der Waals surface area contributed by atoms with Crippen LogP contribution in [0.4, 0.5) is 0 Å². The average Bonchev–Trinajstić information content (AvgIpc) is 3.78. The second-order valence-electron chi connectivity index (χ2n) is 13.2. The van der Waals surface area contributed by atoms with Gasteiger partial charge in [-0.1, -0.05) is 121 Å². The molecule has 5 heteroatoms. The summed E-state index contributed by atoms with van der Waals surface area (Å²) in [6, 6.07) is 59.1. The predicted molar refractivity (Wildman–Crippen MR) is 213 cm³/mol. The van der Waals surface area contributed by atoms with Gasteiger partial charge < -0.3 is 8.98 Å². The summed E-state index contributed by atoms with van der Waals surface area (Å²) < 4.78 is 8.85. The van der Waals surface area contributed by atoms with Crippen LogP contribution in [-0.2, 0) is 0 Å². The van der Waals surface area contributed by atoms with E-state index in [1.807, 2.05) is 42.5 Å². The zero-order valence-corrected chi connectivity index (χ0v) is 27.9. The van der Waals surface area contributed by atoms with Gasteiger partial charge in [0.25, 0.3) is 0 Å². The molecule has 0 saturated carbocycles. The summed E-state index contributed by atoms with van der Waals surface area (Å²) in [5.41, 5.74) is 7.96. The Morgan fingerprint density at radius 3 is 1.67 bits per heavy atom. The van der Waals surface area contributed by atoms with Crippen molar-refractivity contribution in [2.75, 3.05) is 0 Å². The fourth-order valence-electron chi connectivity index (χ4n) is 7.86. The molecular formula is C47H28N4O. The topological polar surface area (TPSA) is 56.7 Å². The van der Waals surface area contributed by atoms with Crippen LogP contribution < -0.4 is 0 Å². The Labute approximate surface area is 298 Å². The van der Waals surface area contributed by atoms with Crippen LogP contribution in [0, 0.1) is 0 Å². The summed E-state index contributed by atoms with van der Waals surface area (Å²) in [6.45, 7) is 0. The summed E-state index contributed by atoms with van der Waals surface area (Å²) in [5.74, 6) is 1.87. The van der Waals surface area contributed by atoms with Gasteiger partial charge in [0, 0.05) is 49.3 Å². The number of aromatic nitrogens is 4. The first kappa shape index (κ1) is 28.7. The van der Waals surface area contributed by atoms with Gasteiger partial charge in [-0.15, -0.1) is 0 Å². The van der Waals surface area contributed by atoms with Gasteiger partial charge in [0.1, 0.15) is 11.2 Å². The van der Waals surface area contributed by atoms with Gasteiger partial charge in [0.05, 0.1) is 11.0 Å². The molecule has 0 amide bonds. The quantitative estimate of drug-likeness (QED) is 0.176. The number of benzene rings is 8. The molecule has 0 unspecified atom stereocenters. The zero-order chi connectivity index (χ0) is 34.2. The van der Waals surface area contributed by atoms with Crippen molar-refractivity contribution in [1.29, 1.82) is 0 Å². The van der Waals surface area contributed by atoms with Crippen molar-refractivity contribution in [1.82, 2.24) is 19.5 Å². The highest BCUT2D eigenvalue weighted by Gasteiger charge is 2.19. The van der Waals surface area contributed by atoms with Crippen LogP contribution in [0.3, 0.4) is 0 Å². The number of para-hydroxylation sites is 3. The van der Waals surface area contributed by atoms with Crippen molar-refractivity contribution in [3.8, 4) is 39.9 Å². The molecule has 0 radical (unpaired) electrons. The summed E-state index contributed by atoms with van der Waals surface area (Å²) in [7, 11) is 0. The molecule has 242 valence electrons. The number of hydrogen-bond acceptors (Lipinski definition) is 4. The highest BCUT2D eigenvalue weighted by Crippen LogP contribution is 2.42. The minimum absolute atomic E-state index is 0.617. The van der Waals surface area contributed by atoms with Gasteiger partial charge in [0.15, 0.2) is 17.5 Å². The van der Waals surface area contributed by atoms with Gasteiger partial charge >= 0.3 is 0 Å². The molecule has 0 bridgehead atoms. The van der Waals surface area contributed by atoms with Crippen molar-refractivity contribution < 1.29 is 4.42 Å². The number of furan rings is 1. The Bertz CT molecular complexity index is 3180. The first-order valence-electron chi connectivity index (χ1n) is 17.5. The van der Waals surface area contributed by atoms with Crippen molar-refractivity contribution in [3.05, 3.63) is 170 Å². The molecule has 5 nitrogen and oxygen atoms in total. The van der Waals surface area contributed by atoms with E-state index in [9.17, 15) is 0 Å². The minimum Gasteiger partial charge on any atom is -0.455 e. The molecule has 0 fully saturated rings. The molecule has 52 heavy (non-hydrogen) atoms. The van der Waals surface area contributed by atoms with Crippen molar-refractivity contribution in [3.63, 3.8) is 0 Å². The molecule has 11 rings (SSSR count). The van der Waals surface area contributed by atoms with Gasteiger partial charge in [0.2, 0.25) is 0 Å². The third-order valence-electron chi connectivity index (χ3n) is 10.2. The van der Waals surface area contributed by atoms with E-state index in [0.717, 1.165) is 82.3 Å². The Kier molecular flexibility index (Phi) is 6.18. The normalized spacial score (nSPS) is 11.8. The van der Waals surface area contributed by atoms with E-state index in [0.29, 0.717) is 17.5 Å². The van der Waals surface area contributed by atoms with Crippen molar-refractivity contribution in [2.24, 2.45) is 0 Å². The zero-order valence-electron chi connectivity index (χ0n) is 27.9. The fraction of sp³-hybridized carbons (Fsp3) is 0. The maximum atomic E-state index is 6.53. The molecule has 0 aliphatic heterocycles. The SMILES string of the molecule is c1ccc(-c2nc(-c3ccc4c5ccccc5c5oc6ccccc6c5c4c3)nc(-c3ccc4c(c3)c3ccccc3n4-c3ccccc3)n2)cc1. The summed E-state index contributed by atoms with van der Waals surface area (Å²) in [6.07, 6.45) is 0. The summed E-state index contributed by atoms with van der Waals surface area (Å²) in [4.78, 5) is 15.4. The number of nitrogens with zero attached hydrogens (tertiary/aromatic N) is 4. The molecule has 8 aromatic carbocycles. The van der Waals surface area contributed by atoms with Crippen LogP contribution in [0.1, 0.15) is 0 Å². The van der Waals surface area contributed by atoms with E-state index >= 15 is 0 Å². The van der Waals surface area contributed by atoms with Gasteiger partial charge in [-0.3, -0.25) is 0 Å². The third-order valence-corrected chi connectivity index (χ3v) is 10.2. The van der Waals surface area contributed by atoms with Crippen LogP contribution in [0.15, 0.2) is 174 Å². The van der Waals surface area contributed by atoms with E-state index < -0.39 is 0 Å². The minimum atomic E-state index is 0.617. The van der Waals surface area contributed by atoms with Crippen molar-refractivity contribution in [2.45, 2.75) is 0 Å². The van der Waals surface area contributed by atoms with Gasteiger partial charge in [-0.05, 0) is 64.7 Å². The predicted octanol–water partition coefficient (Wildman–Crippen LogP) is 12.2. The molecule has 0 aliphatic rings. The Morgan fingerprint density at radius 1 is 0.365 bits per heavy atom. The van der Waals surface area contributed by atoms with Crippen LogP contribution in [0.5, 0.6) is 0 Å². The molecule has 0 aliphatic carbocycles. The largest absolute Gasteiger partial charge is 0.455 e. The number of rotatable bonds is 4. The molecular weight excluding hydrogens is 637 g/mol. The molecule has 3 heterocycles. The van der Waals surface area contributed by atoms with Crippen LogP contribution >= 0.6 is 0 Å². The third kappa shape index (κ3) is 4.33. The average molecular weight is 665 g/mol. The highest BCUT2D eigenvalue weighted by molar-refractivity contribution is 6.30. The van der Waals surface area contributed by atoms with Gasteiger partial charge in [-0.25, -0.2) is 15.0 Å². The molecule has 0 N–H and O–H groups in total. The highest BCUT2D eigenvalue weighted by atomic mass is 16.3. The van der Waals surface area contributed by atoms with E-state index in [4.69, 9.17) is 19.4 Å². The standard InChI is InChI=1S/C47H28N4O/c1-3-13-29(14-4-1)45-48-46(30-23-25-34-33-17-7-8-19-36(33)44-43(39(34)28-30)37-20-10-12-22-42(37)52-44)50-47(49-45)31-24-26-41-38(27-31)35-18-9-11-21-40(35)51(41)32-15-5-2-6-16-32/h1-28H. The summed E-state index contributed by atoms with van der Waals surface area (Å²) >= 11 is 0. The van der Waals surface area contributed by atoms with Crippen LogP contribution in [0.25, 0.3) is 105 Å². The van der Waals surface area contributed by atoms with Crippen LogP contribution in [0.2, 0.25) is 0 Å². The maximum Gasteiger partial charge on any atom is 0.164 e. The molecule has 0 saturated heterocycles. The van der Waals surface area contributed by atoms with Crippen molar-refractivity contribution >= 4 is 65.3 Å².